The number of anilines is 1. The van der Waals surface area contributed by atoms with Crippen LogP contribution in [-0.2, 0) is 16.1 Å². The van der Waals surface area contributed by atoms with Crippen molar-refractivity contribution in [3.63, 3.8) is 0 Å². The molecule has 0 aromatic heterocycles. The van der Waals surface area contributed by atoms with Gasteiger partial charge >= 0.3 is 0 Å². The zero-order valence-electron chi connectivity index (χ0n) is 11.4. The Morgan fingerprint density at radius 1 is 1.32 bits per heavy atom. The lowest BCUT2D eigenvalue weighted by Crippen LogP contribution is -2.19. The van der Waals surface area contributed by atoms with Crippen molar-refractivity contribution in [2.24, 2.45) is 0 Å². The molecule has 1 rings (SSSR count). The predicted octanol–water partition coefficient (Wildman–Crippen LogP) is 2.33. The van der Waals surface area contributed by atoms with Gasteiger partial charge in [-0.2, -0.15) is 0 Å². The summed E-state index contributed by atoms with van der Waals surface area (Å²) in [5.41, 5.74) is 2.00. The molecular formula is C15H22N2O2. The monoisotopic (exact) mass is 262 g/mol. The molecule has 0 atom stereocenters. The molecule has 0 spiro atoms. The Labute approximate surface area is 114 Å². The number of amides is 1. The van der Waals surface area contributed by atoms with Gasteiger partial charge in [0.2, 0.25) is 5.91 Å². The van der Waals surface area contributed by atoms with Crippen molar-refractivity contribution in [2.45, 2.75) is 19.9 Å². The summed E-state index contributed by atoms with van der Waals surface area (Å²) < 4.78 is 5.39. The maximum atomic E-state index is 10.9. The molecular weight excluding hydrogens is 240 g/mol. The van der Waals surface area contributed by atoms with E-state index in [-0.39, 0.29) is 5.91 Å². The molecule has 0 radical (unpaired) electrons. The quantitative estimate of drug-likeness (QED) is 0.530. The summed E-state index contributed by atoms with van der Waals surface area (Å²) in [5, 5.41) is 6.04. The van der Waals surface area contributed by atoms with Gasteiger partial charge in [0, 0.05) is 25.7 Å². The summed E-state index contributed by atoms with van der Waals surface area (Å²) in [4.78, 5) is 10.9. The van der Waals surface area contributed by atoms with Crippen molar-refractivity contribution in [2.75, 3.05) is 25.1 Å². The van der Waals surface area contributed by atoms with Crippen molar-refractivity contribution in [1.29, 1.82) is 0 Å². The van der Waals surface area contributed by atoms with Gasteiger partial charge in [-0.1, -0.05) is 18.2 Å². The van der Waals surface area contributed by atoms with Gasteiger partial charge < -0.3 is 15.4 Å². The highest BCUT2D eigenvalue weighted by molar-refractivity contribution is 5.88. The van der Waals surface area contributed by atoms with Crippen LogP contribution in [-0.4, -0.2) is 25.7 Å². The van der Waals surface area contributed by atoms with Gasteiger partial charge in [-0.3, -0.25) is 4.79 Å². The van der Waals surface area contributed by atoms with Crippen LogP contribution < -0.4 is 10.6 Å². The number of nitrogens with one attached hydrogen (secondary N) is 2. The average molecular weight is 262 g/mol. The lowest BCUT2D eigenvalue weighted by Gasteiger charge is -2.07. The van der Waals surface area contributed by atoms with Crippen molar-refractivity contribution in [3.05, 3.63) is 42.5 Å². The van der Waals surface area contributed by atoms with Crippen LogP contribution in [0.3, 0.4) is 0 Å². The first kappa shape index (κ1) is 15.4. The first-order valence-corrected chi connectivity index (χ1v) is 6.48. The van der Waals surface area contributed by atoms with Gasteiger partial charge in [0.25, 0.3) is 0 Å². The summed E-state index contributed by atoms with van der Waals surface area (Å²) in [6, 6.07) is 7.80. The number of ether oxygens (including phenoxy) is 1. The first-order chi connectivity index (χ1) is 9.22. The Balaban J connectivity index is 2.15. The molecule has 4 heteroatoms. The lowest BCUT2D eigenvalue weighted by atomic mass is 10.2. The maximum Gasteiger partial charge on any atom is 0.221 e. The van der Waals surface area contributed by atoms with Crippen molar-refractivity contribution >= 4 is 11.6 Å². The smallest absolute Gasteiger partial charge is 0.221 e. The predicted molar refractivity (Wildman–Crippen MR) is 78.1 cm³/mol. The van der Waals surface area contributed by atoms with Gasteiger partial charge in [0.05, 0.1) is 13.2 Å². The Kier molecular flexibility index (Phi) is 7.54. The van der Waals surface area contributed by atoms with Crippen LogP contribution in [0.25, 0.3) is 0 Å². The van der Waals surface area contributed by atoms with Gasteiger partial charge in [0.15, 0.2) is 0 Å². The van der Waals surface area contributed by atoms with E-state index in [2.05, 4.69) is 17.2 Å². The molecule has 0 saturated carbocycles. The van der Waals surface area contributed by atoms with Gasteiger partial charge in [-0.15, -0.1) is 6.58 Å². The average Bonchev–Trinajstić information content (AvgIpc) is 2.39. The molecule has 0 fully saturated rings. The molecule has 104 valence electrons. The second-order valence-electron chi connectivity index (χ2n) is 4.24. The van der Waals surface area contributed by atoms with Crippen molar-refractivity contribution in [3.8, 4) is 0 Å². The van der Waals surface area contributed by atoms with Crippen LogP contribution >= 0.6 is 0 Å². The minimum absolute atomic E-state index is 0.0532. The van der Waals surface area contributed by atoms with E-state index in [0.29, 0.717) is 6.61 Å². The van der Waals surface area contributed by atoms with Gasteiger partial charge in [-0.05, 0) is 24.1 Å². The highest BCUT2D eigenvalue weighted by atomic mass is 16.5. The van der Waals surface area contributed by atoms with Crippen LogP contribution in [0, 0.1) is 0 Å². The van der Waals surface area contributed by atoms with Crippen LogP contribution in [0.2, 0.25) is 0 Å². The number of hydrogen-bond acceptors (Lipinski definition) is 3. The highest BCUT2D eigenvalue weighted by Crippen LogP contribution is 2.09. The molecule has 1 aromatic carbocycles. The fourth-order valence-electron chi connectivity index (χ4n) is 1.55. The zero-order valence-corrected chi connectivity index (χ0v) is 11.4. The summed E-state index contributed by atoms with van der Waals surface area (Å²) in [6.45, 7) is 8.20. The fourth-order valence-corrected chi connectivity index (χ4v) is 1.55. The molecule has 0 aliphatic heterocycles. The Morgan fingerprint density at radius 3 is 2.68 bits per heavy atom. The van der Waals surface area contributed by atoms with Crippen LogP contribution in [0.4, 0.5) is 5.69 Å². The molecule has 4 nitrogen and oxygen atoms in total. The first-order valence-electron chi connectivity index (χ1n) is 6.48. The largest absolute Gasteiger partial charge is 0.380 e. The van der Waals surface area contributed by atoms with Crippen molar-refractivity contribution < 1.29 is 9.53 Å². The normalized spacial score (nSPS) is 10.2. The summed E-state index contributed by atoms with van der Waals surface area (Å²) in [5.74, 6) is -0.0532. The van der Waals surface area contributed by atoms with E-state index in [1.165, 1.54) is 12.5 Å². The maximum absolute atomic E-state index is 10.9. The second kappa shape index (κ2) is 9.30. The SMILES string of the molecule is C=CCCOCCNCc1ccc(NC(C)=O)cc1. The molecule has 0 saturated heterocycles. The number of rotatable bonds is 9. The van der Waals surface area contributed by atoms with Crippen molar-refractivity contribution in [1.82, 2.24) is 5.32 Å². The van der Waals surface area contributed by atoms with E-state index < -0.39 is 0 Å². The van der Waals surface area contributed by atoms with E-state index in [4.69, 9.17) is 4.74 Å². The van der Waals surface area contributed by atoms with Crippen LogP contribution in [0.1, 0.15) is 18.9 Å². The molecule has 1 amide bonds. The number of hydrogen-bond donors (Lipinski definition) is 2. The summed E-state index contributed by atoms with van der Waals surface area (Å²) in [6.07, 6.45) is 2.74. The Bertz CT molecular complexity index is 388. The minimum atomic E-state index is -0.0532. The minimum Gasteiger partial charge on any atom is -0.380 e. The molecule has 0 unspecified atom stereocenters. The number of benzene rings is 1. The summed E-state index contributed by atoms with van der Waals surface area (Å²) in [7, 11) is 0. The van der Waals surface area contributed by atoms with Crippen LogP contribution in [0.15, 0.2) is 36.9 Å². The molecule has 0 bridgehead atoms. The number of carbonyl (C=O) groups excluding carboxylic acids is 1. The zero-order chi connectivity index (χ0) is 13.9. The molecule has 2 N–H and O–H groups in total. The van der Waals surface area contributed by atoms with E-state index in [9.17, 15) is 4.79 Å². The number of carbonyl (C=O) groups is 1. The molecule has 0 aliphatic carbocycles. The molecule has 1 aromatic rings. The molecule has 0 aliphatic rings. The topological polar surface area (TPSA) is 50.4 Å². The Morgan fingerprint density at radius 2 is 2.05 bits per heavy atom. The second-order valence-corrected chi connectivity index (χ2v) is 4.24. The lowest BCUT2D eigenvalue weighted by molar-refractivity contribution is -0.114. The third-order valence-electron chi connectivity index (χ3n) is 2.49. The third kappa shape index (κ3) is 7.39. The third-order valence-corrected chi connectivity index (χ3v) is 2.49. The molecule has 19 heavy (non-hydrogen) atoms. The fraction of sp³-hybridized carbons (Fsp3) is 0.400. The van der Waals surface area contributed by atoms with E-state index in [1.54, 1.807) is 0 Å². The highest BCUT2D eigenvalue weighted by Gasteiger charge is 1.96. The van der Waals surface area contributed by atoms with Crippen LogP contribution in [0.5, 0.6) is 0 Å². The molecule has 0 heterocycles. The van der Waals surface area contributed by atoms with Gasteiger partial charge in [0.1, 0.15) is 0 Å². The standard InChI is InChI=1S/C15H22N2O2/c1-3-4-10-19-11-9-16-12-14-5-7-15(8-6-14)17-13(2)18/h3,5-8,16H,1,4,9-12H2,2H3,(H,17,18). The van der Waals surface area contributed by atoms with E-state index in [1.807, 2.05) is 30.3 Å². The van der Waals surface area contributed by atoms with E-state index in [0.717, 1.165) is 31.8 Å². The van der Waals surface area contributed by atoms with E-state index >= 15 is 0 Å². The summed E-state index contributed by atoms with van der Waals surface area (Å²) >= 11 is 0. The Hall–Kier alpha value is -1.65. The van der Waals surface area contributed by atoms with Gasteiger partial charge in [-0.25, -0.2) is 0 Å².